The second kappa shape index (κ2) is 9.92. The van der Waals surface area contributed by atoms with E-state index in [9.17, 15) is 15.0 Å². The van der Waals surface area contributed by atoms with E-state index in [-0.39, 0.29) is 17.9 Å². The van der Waals surface area contributed by atoms with Crippen molar-refractivity contribution in [3.8, 4) is 0 Å². The minimum atomic E-state index is -0.932. The van der Waals surface area contributed by atoms with E-state index in [0.29, 0.717) is 30.1 Å². The number of aliphatic hydroxyl groups is 2. The lowest BCUT2D eigenvalue weighted by atomic mass is 9.82. The number of carbonyl (C=O) groups is 1. The van der Waals surface area contributed by atoms with Gasteiger partial charge in [-0.2, -0.15) is 0 Å². The third kappa shape index (κ3) is 6.49. The fraction of sp³-hybridized carbons (Fsp3) is 0.864. The van der Waals surface area contributed by atoms with Gasteiger partial charge in [-0.25, -0.2) is 4.79 Å². The summed E-state index contributed by atoms with van der Waals surface area (Å²) in [5.41, 5.74) is 0.173. The van der Waals surface area contributed by atoms with E-state index in [1.807, 2.05) is 6.08 Å². The van der Waals surface area contributed by atoms with Gasteiger partial charge in [0.25, 0.3) is 0 Å². The van der Waals surface area contributed by atoms with Crippen LogP contribution in [0.4, 0.5) is 0 Å². The van der Waals surface area contributed by atoms with E-state index >= 15 is 0 Å². The molecule has 0 aromatic rings. The van der Waals surface area contributed by atoms with Crippen molar-refractivity contribution in [1.29, 1.82) is 0 Å². The molecule has 5 nitrogen and oxygen atoms in total. The highest BCUT2D eigenvalue weighted by atomic mass is 16.5. The molecule has 0 aromatic carbocycles. The summed E-state index contributed by atoms with van der Waals surface area (Å²) in [5, 5.41) is 29.9. The minimum absolute atomic E-state index is 0.137. The Morgan fingerprint density at radius 1 is 1.22 bits per heavy atom. The van der Waals surface area contributed by atoms with Gasteiger partial charge in [-0.3, -0.25) is 0 Å². The minimum Gasteiger partial charge on any atom is -0.512 e. The highest BCUT2D eigenvalue weighted by Gasteiger charge is 2.49. The molecule has 0 heterocycles. The highest BCUT2D eigenvalue weighted by Crippen LogP contribution is 2.52. The number of aliphatic hydroxyl groups excluding tert-OH is 2. The number of carboxylic acid groups (broad SMARTS) is 1. The van der Waals surface area contributed by atoms with Crippen LogP contribution in [0.15, 0.2) is 11.8 Å². The third-order valence-electron chi connectivity index (χ3n) is 6.58. The van der Waals surface area contributed by atoms with Crippen molar-refractivity contribution in [2.75, 3.05) is 13.2 Å². The molecule has 0 spiro atoms. The Hall–Kier alpha value is -1.07. The Labute approximate surface area is 163 Å². The Bertz CT molecular complexity index is 513. The molecule has 0 amide bonds. The standard InChI is InChI=1S/C22H38O5/c1-4-5-8-22(2,3)9-6-18(23)21-17-12-15(7-10-27-14-20(25)26)11-16(17)13-19(21)24/h6,15-17,19,21,23-24H,4-5,7-14H2,1-3H3,(H,25,26)/t15-,16-,17-,19+,21-/m1/s1. The number of rotatable bonds is 11. The average molecular weight is 383 g/mol. The van der Waals surface area contributed by atoms with Gasteiger partial charge in [-0.05, 0) is 67.8 Å². The van der Waals surface area contributed by atoms with Crippen LogP contribution >= 0.6 is 0 Å². The van der Waals surface area contributed by atoms with Crippen molar-refractivity contribution in [2.45, 2.75) is 78.2 Å². The van der Waals surface area contributed by atoms with Crippen LogP contribution in [0.5, 0.6) is 0 Å². The van der Waals surface area contributed by atoms with E-state index < -0.39 is 12.1 Å². The maximum absolute atomic E-state index is 10.7. The zero-order chi connectivity index (χ0) is 20.0. The quantitative estimate of drug-likeness (QED) is 0.360. The van der Waals surface area contributed by atoms with Gasteiger partial charge in [0.2, 0.25) is 0 Å². The van der Waals surface area contributed by atoms with Crippen LogP contribution < -0.4 is 0 Å². The SMILES string of the molecule is CCCCC(C)(C)CC=C(O)[C@H]1[C@@H]2C[C@H](CCOCC(=O)O)C[C@@H]2C[C@@H]1O. The molecule has 27 heavy (non-hydrogen) atoms. The van der Waals surface area contributed by atoms with Crippen molar-refractivity contribution in [1.82, 2.24) is 0 Å². The van der Waals surface area contributed by atoms with Crippen molar-refractivity contribution < 1.29 is 24.9 Å². The number of aliphatic carboxylic acids is 1. The lowest BCUT2D eigenvalue weighted by molar-refractivity contribution is -0.142. The lowest BCUT2D eigenvalue weighted by Crippen LogP contribution is -2.23. The largest absolute Gasteiger partial charge is 0.512 e. The van der Waals surface area contributed by atoms with Crippen molar-refractivity contribution in [3.05, 3.63) is 11.8 Å². The number of hydrogen-bond acceptors (Lipinski definition) is 4. The summed E-state index contributed by atoms with van der Waals surface area (Å²) >= 11 is 0. The van der Waals surface area contributed by atoms with E-state index in [0.717, 1.165) is 38.5 Å². The lowest BCUT2D eigenvalue weighted by Gasteiger charge is -2.25. The van der Waals surface area contributed by atoms with Gasteiger partial charge in [0, 0.05) is 12.5 Å². The first-order valence-electron chi connectivity index (χ1n) is 10.6. The molecular weight excluding hydrogens is 344 g/mol. The summed E-state index contributed by atoms with van der Waals surface area (Å²) in [6, 6.07) is 0. The zero-order valence-electron chi connectivity index (χ0n) is 17.2. The van der Waals surface area contributed by atoms with E-state index in [1.165, 1.54) is 12.8 Å². The normalized spacial score (nSPS) is 31.3. The number of fused-ring (bicyclic) bond motifs is 1. The molecular formula is C22H38O5. The third-order valence-corrected chi connectivity index (χ3v) is 6.58. The van der Waals surface area contributed by atoms with Crippen LogP contribution in [0.25, 0.3) is 0 Å². The van der Waals surface area contributed by atoms with Crippen LogP contribution in [0.3, 0.4) is 0 Å². The summed E-state index contributed by atoms with van der Waals surface area (Å²) in [5.74, 6) is 0.595. The molecule has 5 atom stereocenters. The molecule has 0 saturated heterocycles. The molecule has 3 N–H and O–H groups in total. The molecule has 0 bridgehead atoms. The van der Waals surface area contributed by atoms with Crippen molar-refractivity contribution >= 4 is 5.97 Å². The molecule has 0 unspecified atom stereocenters. The first kappa shape index (κ1) is 22.2. The van der Waals surface area contributed by atoms with E-state index in [4.69, 9.17) is 9.84 Å². The summed E-state index contributed by atoms with van der Waals surface area (Å²) in [6.07, 6.45) is 9.53. The van der Waals surface area contributed by atoms with Crippen molar-refractivity contribution in [2.24, 2.45) is 29.1 Å². The van der Waals surface area contributed by atoms with Gasteiger partial charge in [-0.1, -0.05) is 33.6 Å². The fourth-order valence-electron chi connectivity index (χ4n) is 5.07. The Morgan fingerprint density at radius 2 is 1.96 bits per heavy atom. The number of allylic oxidation sites excluding steroid dienone is 1. The van der Waals surface area contributed by atoms with Crippen LogP contribution in [-0.2, 0) is 9.53 Å². The molecule has 2 aliphatic carbocycles. The molecule has 2 rings (SSSR count). The molecule has 0 aliphatic heterocycles. The summed E-state index contributed by atoms with van der Waals surface area (Å²) in [6.45, 7) is 6.91. The zero-order valence-corrected chi connectivity index (χ0v) is 17.2. The molecule has 0 radical (unpaired) electrons. The predicted molar refractivity (Wildman–Crippen MR) is 106 cm³/mol. The molecule has 5 heteroatoms. The number of ether oxygens (including phenoxy) is 1. The van der Waals surface area contributed by atoms with Gasteiger partial charge in [0.1, 0.15) is 6.61 Å². The van der Waals surface area contributed by atoms with Gasteiger partial charge < -0.3 is 20.1 Å². The van der Waals surface area contributed by atoms with Gasteiger partial charge in [-0.15, -0.1) is 0 Å². The Morgan fingerprint density at radius 3 is 2.63 bits per heavy atom. The molecule has 156 valence electrons. The highest BCUT2D eigenvalue weighted by molar-refractivity contribution is 5.67. The van der Waals surface area contributed by atoms with Crippen LogP contribution in [-0.4, -0.2) is 40.6 Å². The van der Waals surface area contributed by atoms with Crippen LogP contribution in [0, 0.1) is 29.1 Å². The number of unbranched alkanes of at least 4 members (excludes halogenated alkanes) is 1. The second-order valence-electron chi connectivity index (χ2n) is 9.43. The van der Waals surface area contributed by atoms with Crippen LogP contribution in [0.2, 0.25) is 0 Å². The maximum atomic E-state index is 10.7. The fourth-order valence-corrected chi connectivity index (χ4v) is 5.07. The molecule has 2 fully saturated rings. The first-order chi connectivity index (χ1) is 12.7. The average Bonchev–Trinajstić information content (AvgIpc) is 3.10. The molecule has 0 aromatic heterocycles. The second-order valence-corrected chi connectivity index (χ2v) is 9.43. The summed E-state index contributed by atoms with van der Waals surface area (Å²) < 4.78 is 5.17. The Balaban J connectivity index is 1.87. The topological polar surface area (TPSA) is 87.0 Å². The number of carboxylic acids is 1. The monoisotopic (exact) mass is 382 g/mol. The van der Waals surface area contributed by atoms with Crippen LogP contribution in [0.1, 0.15) is 72.1 Å². The Kier molecular flexibility index (Phi) is 8.17. The first-order valence-corrected chi connectivity index (χ1v) is 10.6. The molecule has 2 saturated carbocycles. The summed E-state index contributed by atoms with van der Waals surface area (Å²) in [4.78, 5) is 10.5. The van der Waals surface area contributed by atoms with Gasteiger partial charge in [0.05, 0.1) is 11.9 Å². The number of hydrogen-bond donors (Lipinski definition) is 3. The van der Waals surface area contributed by atoms with E-state index in [2.05, 4.69) is 20.8 Å². The summed E-state index contributed by atoms with van der Waals surface area (Å²) in [7, 11) is 0. The maximum Gasteiger partial charge on any atom is 0.329 e. The molecule has 2 aliphatic rings. The van der Waals surface area contributed by atoms with E-state index in [1.54, 1.807) is 0 Å². The van der Waals surface area contributed by atoms with Crippen molar-refractivity contribution in [3.63, 3.8) is 0 Å². The smallest absolute Gasteiger partial charge is 0.329 e. The van der Waals surface area contributed by atoms with Gasteiger partial charge in [0.15, 0.2) is 0 Å². The predicted octanol–water partition coefficient (Wildman–Crippen LogP) is 4.55. The van der Waals surface area contributed by atoms with Gasteiger partial charge >= 0.3 is 5.97 Å².